The third-order valence-electron chi connectivity index (χ3n) is 4.09. The van der Waals surface area contributed by atoms with Crippen molar-refractivity contribution in [2.24, 2.45) is 0 Å². The second kappa shape index (κ2) is 7.20. The Morgan fingerprint density at radius 2 is 2.00 bits per heavy atom. The van der Waals surface area contributed by atoms with Crippen LogP contribution in [0.5, 0.6) is 0 Å². The average Bonchev–Trinajstić information content (AvgIpc) is 3.03. The highest BCUT2D eigenvalue weighted by atomic mass is 32.2. The van der Waals surface area contributed by atoms with Crippen LogP contribution in [0.15, 0.2) is 29.6 Å². The van der Waals surface area contributed by atoms with E-state index in [2.05, 4.69) is 9.88 Å². The lowest BCUT2D eigenvalue weighted by atomic mass is 10.1. The van der Waals surface area contributed by atoms with E-state index in [4.69, 9.17) is 5.11 Å². The average molecular weight is 381 g/mol. The number of sulfonamides is 1. The Bertz CT molecular complexity index is 871. The predicted octanol–water partition coefficient (Wildman–Crippen LogP) is 1.59. The van der Waals surface area contributed by atoms with Crippen molar-refractivity contribution < 1.29 is 18.3 Å². The molecule has 9 heteroatoms. The molecule has 1 saturated heterocycles. The molecule has 1 aliphatic heterocycles. The number of hydrogen-bond donors (Lipinski definition) is 1. The highest BCUT2D eigenvalue weighted by molar-refractivity contribution is 7.88. The number of carboxylic acids is 1. The number of carboxylic acid groups (broad SMARTS) is 1. The summed E-state index contributed by atoms with van der Waals surface area (Å²) >= 11 is 1.48. The van der Waals surface area contributed by atoms with Crippen molar-refractivity contribution in [1.82, 2.24) is 14.2 Å². The predicted molar refractivity (Wildman–Crippen MR) is 96.2 cm³/mol. The molecule has 2 heterocycles. The zero-order chi connectivity index (χ0) is 18.0. The smallest absolute Gasteiger partial charge is 0.335 e. The lowest BCUT2D eigenvalue weighted by Gasteiger charge is -2.32. The van der Waals surface area contributed by atoms with E-state index in [-0.39, 0.29) is 5.56 Å². The molecule has 134 valence electrons. The van der Waals surface area contributed by atoms with Gasteiger partial charge in [-0.15, -0.1) is 11.3 Å². The summed E-state index contributed by atoms with van der Waals surface area (Å²) in [5.74, 6) is -0.956. The maximum atomic E-state index is 11.5. The Balaban J connectivity index is 1.65. The number of aromatic carboxylic acids is 1. The van der Waals surface area contributed by atoms with E-state index in [1.165, 1.54) is 21.9 Å². The van der Waals surface area contributed by atoms with Gasteiger partial charge in [-0.25, -0.2) is 18.2 Å². The van der Waals surface area contributed by atoms with Crippen LogP contribution < -0.4 is 0 Å². The van der Waals surface area contributed by atoms with Crippen LogP contribution in [0.25, 0.3) is 10.6 Å². The topological polar surface area (TPSA) is 90.8 Å². The summed E-state index contributed by atoms with van der Waals surface area (Å²) in [5, 5.41) is 11.8. The van der Waals surface area contributed by atoms with Gasteiger partial charge >= 0.3 is 5.97 Å². The van der Waals surface area contributed by atoms with Gasteiger partial charge in [-0.2, -0.15) is 4.31 Å². The zero-order valence-electron chi connectivity index (χ0n) is 13.8. The van der Waals surface area contributed by atoms with Crippen LogP contribution in [0.4, 0.5) is 0 Å². The Labute approximate surface area is 150 Å². The molecular formula is C16H19N3O4S2. The van der Waals surface area contributed by atoms with Crippen LogP contribution in [0.1, 0.15) is 16.1 Å². The molecule has 1 aromatic heterocycles. The van der Waals surface area contributed by atoms with Crippen molar-refractivity contribution in [2.75, 3.05) is 32.4 Å². The van der Waals surface area contributed by atoms with Crippen LogP contribution in [0.2, 0.25) is 0 Å². The molecular weight excluding hydrogens is 362 g/mol. The summed E-state index contributed by atoms with van der Waals surface area (Å²) in [6.45, 7) is 3.00. The van der Waals surface area contributed by atoms with Gasteiger partial charge in [0.05, 0.1) is 17.5 Å². The SMILES string of the molecule is CS(=O)(=O)N1CCN(Cc2csc(-c3cccc(C(=O)O)c3)n2)CC1. The molecule has 0 aliphatic carbocycles. The fourth-order valence-corrected chi connectivity index (χ4v) is 4.38. The third kappa shape index (κ3) is 4.43. The first-order valence-corrected chi connectivity index (χ1v) is 10.5. The van der Waals surface area contributed by atoms with E-state index in [1.807, 2.05) is 11.4 Å². The summed E-state index contributed by atoms with van der Waals surface area (Å²) < 4.78 is 24.6. The van der Waals surface area contributed by atoms with E-state index < -0.39 is 16.0 Å². The van der Waals surface area contributed by atoms with Crippen molar-refractivity contribution in [3.05, 3.63) is 40.9 Å². The minimum Gasteiger partial charge on any atom is -0.478 e. The second-order valence-electron chi connectivity index (χ2n) is 5.97. The number of nitrogens with zero attached hydrogens (tertiary/aromatic N) is 3. The zero-order valence-corrected chi connectivity index (χ0v) is 15.4. The van der Waals surface area contributed by atoms with Gasteiger partial charge in [-0.1, -0.05) is 12.1 Å². The molecule has 25 heavy (non-hydrogen) atoms. The summed E-state index contributed by atoms with van der Waals surface area (Å²) in [6, 6.07) is 6.74. The van der Waals surface area contributed by atoms with Crippen LogP contribution in [0, 0.1) is 0 Å². The monoisotopic (exact) mass is 381 g/mol. The first-order valence-electron chi connectivity index (χ1n) is 7.78. The third-order valence-corrected chi connectivity index (χ3v) is 6.34. The molecule has 0 radical (unpaired) electrons. The highest BCUT2D eigenvalue weighted by Gasteiger charge is 2.23. The van der Waals surface area contributed by atoms with Gasteiger partial charge in [-0.3, -0.25) is 4.90 Å². The van der Waals surface area contributed by atoms with E-state index >= 15 is 0 Å². The summed E-state index contributed by atoms with van der Waals surface area (Å²) in [7, 11) is -3.12. The fraction of sp³-hybridized carbons (Fsp3) is 0.375. The van der Waals surface area contributed by atoms with Gasteiger partial charge in [-0.05, 0) is 12.1 Å². The van der Waals surface area contributed by atoms with Gasteiger partial charge in [0.1, 0.15) is 5.01 Å². The fourth-order valence-electron chi connectivity index (χ4n) is 2.75. The number of aromatic nitrogens is 1. The maximum absolute atomic E-state index is 11.5. The maximum Gasteiger partial charge on any atom is 0.335 e. The summed E-state index contributed by atoms with van der Waals surface area (Å²) in [5.41, 5.74) is 1.94. The van der Waals surface area contributed by atoms with Crippen LogP contribution >= 0.6 is 11.3 Å². The Kier molecular flexibility index (Phi) is 5.19. The number of hydrogen-bond acceptors (Lipinski definition) is 6. The molecule has 0 unspecified atom stereocenters. The Morgan fingerprint density at radius 1 is 1.28 bits per heavy atom. The molecule has 7 nitrogen and oxygen atoms in total. The van der Waals surface area contributed by atoms with E-state index in [9.17, 15) is 13.2 Å². The van der Waals surface area contributed by atoms with Crippen molar-refractivity contribution in [3.8, 4) is 10.6 Å². The van der Waals surface area contributed by atoms with Crippen molar-refractivity contribution in [1.29, 1.82) is 0 Å². The molecule has 0 amide bonds. The van der Waals surface area contributed by atoms with Gasteiger partial charge < -0.3 is 5.11 Å². The number of thiazole rings is 1. The van der Waals surface area contributed by atoms with Gasteiger partial charge in [0, 0.05) is 43.7 Å². The molecule has 2 aromatic rings. The number of piperazine rings is 1. The first-order chi connectivity index (χ1) is 11.8. The lowest BCUT2D eigenvalue weighted by Crippen LogP contribution is -2.47. The Morgan fingerprint density at radius 3 is 2.64 bits per heavy atom. The molecule has 1 aliphatic rings. The molecule has 3 rings (SSSR count). The second-order valence-corrected chi connectivity index (χ2v) is 8.81. The largest absolute Gasteiger partial charge is 0.478 e. The first kappa shape index (κ1) is 18.0. The number of benzene rings is 1. The Hall–Kier alpha value is -1.81. The molecule has 0 saturated carbocycles. The van der Waals surface area contributed by atoms with Crippen LogP contribution in [-0.4, -0.2) is 66.1 Å². The molecule has 0 atom stereocenters. The standard InChI is InChI=1S/C16H19N3O4S2/c1-25(22,23)19-7-5-18(6-8-19)10-14-11-24-15(17-14)12-3-2-4-13(9-12)16(20)21/h2-4,9,11H,5-8,10H2,1H3,(H,20,21). The van der Waals surface area contributed by atoms with Gasteiger partial charge in [0.15, 0.2) is 0 Å². The van der Waals surface area contributed by atoms with Gasteiger partial charge in [0.25, 0.3) is 0 Å². The molecule has 0 bridgehead atoms. The van der Waals surface area contributed by atoms with Gasteiger partial charge in [0.2, 0.25) is 10.0 Å². The molecule has 1 fully saturated rings. The highest BCUT2D eigenvalue weighted by Crippen LogP contribution is 2.25. The number of rotatable bonds is 5. The molecule has 1 N–H and O–H groups in total. The quantitative estimate of drug-likeness (QED) is 0.846. The van der Waals surface area contributed by atoms with Crippen molar-refractivity contribution in [2.45, 2.75) is 6.54 Å². The van der Waals surface area contributed by atoms with Crippen LogP contribution in [0.3, 0.4) is 0 Å². The van der Waals surface area contributed by atoms with E-state index in [1.54, 1.807) is 18.2 Å². The van der Waals surface area contributed by atoms with Crippen LogP contribution in [-0.2, 0) is 16.6 Å². The van der Waals surface area contributed by atoms with E-state index in [0.717, 1.165) is 16.3 Å². The minimum absolute atomic E-state index is 0.242. The minimum atomic E-state index is -3.12. The molecule has 0 spiro atoms. The van der Waals surface area contributed by atoms with E-state index in [0.29, 0.717) is 32.7 Å². The summed E-state index contributed by atoms with van der Waals surface area (Å²) in [6.07, 6.45) is 1.24. The lowest BCUT2D eigenvalue weighted by molar-refractivity contribution is 0.0697. The summed E-state index contributed by atoms with van der Waals surface area (Å²) in [4.78, 5) is 17.8. The van der Waals surface area contributed by atoms with Crippen molar-refractivity contribution in [3.63, 3.8) is 0 Å². The van der Waals surface area contributed by atoms with Crippen molar-refractivity contribution >= 4 is 27.3 Å². The number of carbonyl (C=O) groups is 1. The normalized spacial score (nSPS) is 16.8. The molecule has 1 aromatic carbocycles.